The zero-order valence-electron chi connectivity index (χ0n) is 17.3. The smallest absolute Gasteiger partial charge is 0.319 e. The second-order valence-corrected chi connectivity index (χ2v) is 8.13. The number of hydrogen-bond donors (Lipinski definition) is 3. The van der Waals surface area contributed by atoms with Crippen LogP contribution in [0.3, 0.4) is 0 Å². The summed E-state index contributed by atoms with van der Waals surface area (Å²) in [7, 11) is 0. The van der Waals surface area contributed by atoms with Gasteiger partial charge in [-0.3, -0.25) is 5.73 Å². The molecule has 0 radical (unpaired) electrons. The molecule has 9 heteroatoms. The van der Waals surface area contributed by atoms with Gasteiger partial charge in [0.25, 0.3) is 0 Å². The number of amidine groups is 1. The highest BCUT2D eigenvalue weighted by Gasteiger charge is 2.45. The molecule has 2 aliphatic rings. The van der Waals surface area contributed by atoms with Crippen molar-refractivity contribution in [2.45, 2.75) is 44.7 Å². The number of alkyl halides is 3. The molecule has 1 aliphatic carbocycles. The van der Waals surface area contributed by atoms with E-state index in [1.807, 2.05) is 44.2 Å². The fourth-order valence-electron chi connectivity index (χ4n) is 3.66. The molecule has 1 aromatic heterocycles. The molecule has 31 heavy (non-hydrogen) atoms. The van der Waals surface area contributed by atoms with E-state index in [2.05, 4.69) is 20.6 Å². The molecule has 6 nitrogen and oxygen atoms in total. The van der Waals surface area contributed by atoms with Crippen LogP contribution in [0.25, 0.3) is 0 Å². The molecule has 0 saturated heterocycles. The van der Waals surface area contributed by atoms with Crippen molar-refractivity contribution in [3.05, 3.63) is 65.5 Å². The van der Waals surface area contributed by atoms with E-state index in [1.165, 1.54) is 12.1 Å². The van der Waals surface area contributed by atoms with Crippen molar-refractivity contribution in [2.75, 3.05) is 0 Å². The number of aliphatic imine (C=N–C) groups is 2. The number of guanidine groups is 1. The molecule has 164 valence electrons. The van der Waals surface area contributed by atoms with Crippen LogP contribution in [0, 0.1) is 11.8 Å². The minimum absolute atomic E-state index is 0.0346. The molecule has 1 saturated carbocycles. The van der Waals surface area contributed by atoms with Gasteiger partial charge < -0.3 is 10.6 Å². The summed E-state index contributed by atoms with van der Waals surface area (Å²) in [5.74, 6) is -0.308. The number of nitrogens with two attached hydrogens (primary N) is 1. The number of benzene rings is 1. The van der Waals surface area contributed by atoms with Crippen molar-refractivity contribution in [2.24, 2.45) is 27.6 Å². The van der Waals surface area contributed by atoms with Gasteiger partial charge in [0.1, 0.15) is 11.4 Å². The molecular formula is C22H25F3N6. The first-order valence-electron chi connectivity index (χ1n) is 10.3. The topological polar surface area (TPSA) is 87.7 Å². The summed E-state index contributed by atoms with van der Waals surface area (Å²) < 4.78 is 39.5. The number of nitrogens with one attached hydrogen (secondary N) is 2. The number of hydrogen-bond acceptors (Lipinski definition) is 4. The van der Waals surface area contributed by atoms with Crippen LogP contribution in [0.4, 0.5) is 13.2 Å². The normalized spacial score (nSPS) is 24.7. The van der Waals surface area contributed by atoms with Crippen LogP contribution in [0.5, 0.6) is 0 Å². The van der Waals surface area contributed by atoms with Crippen LogP contribution in [0.1, 0.15) is 49.7 Å². The molecule has 1 aromatic carbocycles. The lowest BCUT2D eigenvalue weighted by molar-refractivity contribution is -0.141. The molecule has 0 spiro atoms. The van der Waals surface area contributed by atoms with Gasteiger partial charge in [-0.15, -0.1) is 0 Å². The number of aromatic nitrogens is 1. The Morgan fingerprint density at radius 1 is 1.10 bits per heavy atom. The zero-order chi connectivity index (χ0) is 22.2. The van der Waals surface area contributed by atoms with E-state index in [1.54, 1.807) is 0 Å². The molecule has 1 unspecified atom stereocenters. The Balaban J connectivity index is 1.71. The molecule has 0 amide bonds. The molecule has 2 heterocycles. The molecular weight excluding hydrogens is 405 g/mol. The zero-order valence-corrected chi connectivity index (χ0v) is 17.3. The van der Waals surface area contributed by atoms with E-state index < -0.39 is 17.7 Å². The van der Waals surface area contributed by atoms with Crippen molar-refractivity contribution >= 4 is 11.8 Å². The summed E-state index contributed by atoms with van der Waals surface area (Å²) in [6.07, 6.45) is -2.45. The molecule has 1 fully saturated rings. The molecule has 2 aromatic rings. The average Bonchev–Trinajstić information content (AvgIpc) is 3.58. The van der Waals surface area contributed by atoms with Crippen LogP contribution >= 0.6 is 0 Å². The van der Waals surface area contributed by atoms with Gasteiger partial charge in [0, 0.05) is 5.92 Å². The number of halogens is 3. The summed E-state index contributed by atoms with van der Waals surface area (Å²) >= 11 is 0. The maximum atomic E-state index is 13.2. The van der Waals surface area contributed by atoms with E-state index >= 15 is 0 Å². The van der Waals surface area contributed by atoms with E-state index in [0.717, 1.165) is 24.5 Å². The van der Waals surface area contributed by atoms with Gasteiger partial charge in [0.2, 0.25) is 5.96 Å². The van der Waals surface area contributed by atoms with Crippen LogP contribution in [0.15, 0.2) is 58.5 Å². The second-order valence-electron chi connectivity index (χ2n) is 8.13. The van der Waals surface area contributed by atoms with Crippen molar-refractivity contribution < 1.29 is 13.2 Å². The molecule has 0 bridgehead atoms. The number of pyridine rings is 1. The largest absolute Gasteiger partial charge is 0.433 e. The third-order valence-corrected chi connectivity index (χ3v) is 5.76. The fraction of sp³-hybridized carbons (Fsp3) is 0.409. The SMILES string of the molecule is C[C@H](N=C1NC(c2cccc(C(F)(F)F)n2)=NC(N)([C@H](C)C2CC2)N1)c1ccccc1. The Hall–Kier alpha value is -2.94. The Kier molecular flexibility index (Phi) is 5.47. The molecule has 4 rings (SSSR count). The summed E-state index contributed by atoms with van der Waals surface area (Å²) in [4.78, 5) is 13.0. The van der Waals surface area contributed by atoms with Crippen molar-refractivity contribution in [1.29, 1.82) is 0 Å². The number of nitrogens with zero attached hydrogens (tertiary/aromatic N) is 3. The first-order valence-corrected chi connectivity index (χ1v) is 10.3. The van der Waals surface area contributed by atoms with E-state index in [4.69, 9.17) is 10.7 Å². The van der Waals surface area contributed by atoms with Crippen LogP contribution in [0.2, 0.25) is 0 Å². The van der Waals surface area contributed by atoms with Gasteiger partial charge >= 0.3 is 6.18 Å². The predicted molar refractivity (Wildman–Crippen MR) is 113 cm³/mol. The van der Waals surface area contributed by atoms with Gasteiger partial charge in [-0.05, 0) is 43.4 Å². The molecule has 4 N–H and O–H groups in total. The maximum absolute atomic E-state index is 13.2. The molecule has 1 aliphatic heterocycles. The van der Waals surface area contributed by atoms with E-state index in [9.17, 15) is 13.2 Å². The third kappa shape index (κ3) is 4.71. The Morgan fingerprint density at radius 2 is 1.81 bits per heavy atom. The summed E-state index contributed by atoms with van der Waals surface area (Å²) in [5, 5.41) is 6.17. The van der Waals surface area contributed by atoms with Crippen LogP contribution in [-0.2, 0) is 6.18 Å². The average molecular weight is 430 g/mol. The van der Waals surface area contributed by atoms with Gasteiger partial charge in [0.15, 0.2) is 11.6 Å². The van der Waals surface area contributed by atoms with Gasteiger partial charge in [-0.2, -0.15) is 13.2 Å². The van der Waals surface area contributed by atoms with Crippen molar-refractivity contribution in [1.82, 2.24) is 15.6 Å². The summed E-state index contributed by atoms with van der Waals surface area (Å²) in [6.45, 7) is 3.93. The van der Waals surface area contributed by atoms with Crippen molar-refractivity contribution in [3.63, 3.8) is 0 Å². The monoisotopic (exact) mass is 430 g/mol. The lowest BCUT2D eigenvalue weighted by Crippen LogP contribution is -2.66. The lowest BCUT2D eigenvalue weighted by atomic mass is 9.97. The fourth-order valence-corrected chi connectivity index (χ4v) is 3.66. The number of rotatable bonds is 5. The van der Waals surface area contributed by atoms with Gasteiger partial charge in [-0.25, -0.2) is 15.0 Å². The highest BCUT2D eigenvalue weighted by molar-refractivity contribution is 6.09. The Morgan fingerprint density at radius 3 is 2.45 bits per heavy atom. The standard InChI is InChI=1S/C22H25F3N6/c1-13(15-11-12-15)22(26)30-19(17-9-6-10-18(28-17)21(23,24)25)29-20(31-22)27-14(2)16-7-4-3-5-8-16/h3-10,13-15H,11-12,26H2,1-2H3,(H2,27,29,30,31)/t13-,14+,22?/m1/s1. The minimum Gasteiger partial charge on any atom is -0.319 e. The minimum atomic E-state index is -4.55. The van der Waals surface area contributed by atoms with Gasteiger partial charge in [0.05, 0.1) is 6.04 Å². The maximum Gasteiger partial charge on any atom is 0.433 e. The highest BCUT2D eigenvalue weighted by atomic mass is 19.4. The van der Waals surface area contributed by atoms with Crippen LogP contribution < -0.4 is 16.4 Å². The quantitative estimate of drug-likeness (QED) is 0.673. The molecule has 3 atom stereocenters. The van der Waals surface area contributed by atoms with E-state index in [-0.39, 0.29) is 23.5 Å². The first kappa shape index (κ1) is 21.3. The third-order valence-electron chi connectivity index (χ3n) is 5.76. The van der Waals surface area contributed by atoms with E-state index in [0.29, 0.717) is 11.9 Å². The Bertz CT molecular complexity index is 1000. The van der Waals surface area contributed by atoms with Crippen LogP contribution in [-0.4, -0.2) is 22.6 Å². The van der Waals surface area contributed by atoms with Gasteiger partial charge in [-0.1, -0.05) is 43.3 Å². The summed E-state index contributed by atoms with van der Waals surface area (Å²) in [6, 6.07) is 13.2. The Labute approximate surface area is 178 Å². The second kappa shape index (κ2) is 7.96. The summed E-state index contributed by atoms with van der Waals surface area (Å²) in [5.41, 5.74) is 6.71. The lowest BCUT2D eigenvalue weighted by Gasteiger charge is -2.38. The first-order chi connectivity index (χ1) is 14.7. The predicted octanol–water partition coefficient (Wildman–Crippen LogP) is 3.82. The highest BCUT2D eigenvalue weighted by Crippen LogP contribution is 2.41. The van der Waals surface area contributed by atoms with Crippen molar-refractivity contribution in [3.8, 4) is 0 Å².